The number of nitrogens with two attached hydrogens (primary N) is 1. The van der Waals surface area contributed by atoms with Crippen LogP contribution in [-0.4, -0.2) is 30.5 Å². The van der Waals surface area contributed by atoms with Gasteiger partial charge in [-0.1, -0.05) is 0 Å². The average Bonchev–Trinajstić information content (AvgIpc) is 2.44. The summed E-state index contributed by atoms with van der Waals surface area (Å²) in [5, 5.41) is 2.90. The highest BCUT2D eigenvalue weighted by molar-refractivity contribution is 7.90. The van der Waals surface area contributed by atoms with Gasteiger partial charge in [0.25, 0.3) is 5.56 Å². The molecule has 0 fully saturated rings. The molecule has 84 valence electrons. The lowest BCUT2D eigenvalue weighted by molar-refractivity contribution is 0.589. The normalized spacial score (nSPS) is 18.7. The molecule has 2 rings (SSSR count). The van der Waals surface area contributed by atoms with Crippen molar-refractivity contribution in [3.05, 3.63) is 21.6 Å². The number of aromatic nitrogens is 2. The van der Waals surface area contributed by atoms with E-state index in [4.69, 9.17) is 5.73 Å². The van der Waals surface area contributed by atoms with Crippen molar-refractivity contribution in [1.82, 2.24) is 9.78 Å². The molecule has 7 heteroatoms. The quantitative estimate of drug-likeness (QED) is 0.654. The Labute approximate surface area is 87.0 Å². The van der Waals surface area contributed by atoms with Crippen molar-refractivity contribution in [3.8, 4) is 0 Å². The van der Waals surface area contributed by atoms with Crippen molar-refractivity contribution in [2.24, 2.45) is 5.73 Å². The Bertz CT molecular complexity index is 526. The molecule has 0 spiro atoms. The molecule has 0 amide bonds. The molecule has 2 heterocycles. The lowest BCUT2D eigenvalue weighted by Gasteiger charge is -2.09. The minimum absolute atomic E-state index is 0.114. The van der Waals surface area contributed by atoms with Crippen LogP contribution in [0.2, 0.25) is 0 Å². The number of hydrogen-bond donors (Lipinski definition) is 2. The van der Waals surface area contributed by atoms with E-state index in [1.54, 1.807) is 0 Å². The second-order valence-corrected chi connectivity index (χ2v) is 5.84. The summed E-state index contributed by atoms with van der Waals surface area (Å²) in [5.74, 6) is -0.0299. The molecular weight excluding hydrogens is 218 g/mol. The third kappa shape index (κ3) is 1.84. The Morgan fingerprint density at radius 1 is 1.47 bits per heavy atom. The Hall–Kier alpha value is -1.08. The van der Waals surface area contributed by atoms with Crippen molar-refractivity contribution < 1.29 is 8.42 Å². The van der Waals surface area contributed by atoms with Crippen LogP contribution in [0.4, 0.5) is 0 Å². The summed E-state index contributed by atoms with van der Waals surface area (Å²) in [6.45, 7) is 0.748. The summed E-state index contributed by atoms with van der Waals surface area (Å²) in [6, 6.07) is 0. The van der Waals surface area contributed by atoms with Crippen LogP contribution in [0.25, 0.3) is 0 Å². The molecule has 1 aromatic heterocycles. The molecule has 1 aromatic rings. The van der Waals surface area contributed by atoms with Gasteiger partial charge < -0.3 is 5.73 Å². The van der Waals surface area contributed by atoms with Gasteiger partial charge in [0, 0.05) is 18.7 Å². The zero-order chi connectivity index (χ0) is 11.1. The maximum Gasteiger partial charge on any atom is 0.271 e. The van der Waals surface area contributed by atoms with Crippen LogP contribution in [0.1, 0.15) is 11.3 Å². The maximum atomic E-state index is 11.7. The first-order valence-electron chi connectivity index (χ1n) is 4.74. The molecule has 0 saturated heterocycles. The van der Waals surface area contributed by atoms with Gasteiger partial charge in [0.1, 0.15) is 0 Å². The van der Waals surface area contributed by atoms with Crippen molar-refractivity contribution in [2.45, 2.75) is 18.7 Å². The summed E-state index contributed by atoms with van der Waals surface area (Å²) in [7, 11) is -3.08. The SMILES string of the molecule is NCCn1[nH]c2c(c1=O)CS(=O)(=O)CC2. The van der Waals surface area contributed by atoms with Crippen LogP contribution >= 0.6 is 0 Å². The topological polar surface area (TPSA) is 97.9 Å². The van der Waals surface area contributed by atoms with Crippen LogP contribution in [0.3, 0.4) is 0 Å². The van der Waals surface area contributed by atoms with Crippen LogP contribution in [0, 0.1) is 0 Å². The molecule has 6 nitrogen and oxygen atoms in total. The lowest BCUT2D eigenvalue weighted by Crippen LogP contribution is -2.26. The van der Waals surface area contributed by atoms with Crippen molar-refractivity contribution in [2.75, 3.05) is 12.3 Å². The van der Waals surface area contributed by atoms with Gasteiger partial charge in [0.15, 0.2) is 9.84 Å². The molecule has 0 aliphatic carbocycles. The lowest BCUT2D eigenvalue weighted by atomic mass is 10.2. The number of nitrogens with zero attached hydrogens (tertiary/aromatic N) is 1. The summed E-state index contributed by atoms with van der Waals surface area (Å²) < 4.78 is 24.1. The third-order valence-corrected chi connectivity index (χ3v) is 4.07. The van der Waals surface area contributed by atoms with Crippen LogP contribution in [0.5, 0.6) is 0 Å². The number of hydrogen-bond acceptors (Lipinski definition) is 4. The molecule has 0 radical (unpaired) electrons. The van der Waals surface area contributed by atoms with Gasteiger partial charge in [-0.2, -0.15) is 0 Å². The molecule has 0 atom stereocenters. The van der Waals surface area contributed by atoms with E-state index < -0.39 is 9.84 Å². The molecule has 1 aliphatic heterocycles. The van der Waals surface area contributed by atoms with Gasteiger partial charge in [0.2, 0.25) is 0 Å². The molecule has 0 aromatic carbocycles. The van der Waals surface area contributed by atoms with Gasteiger partial charge in [-0.15, -0.1) is 0 Å². The van der Waals surface area contributed by atoms with Crippen LogP contribution in [0.15, 0.2) is 4.79 Å². The largest absolute Gasteiger partial charge is 0.329 e. The number of sulfone groups is 1. The summed E-state index contributed by atoms with van der Waals surface area (Å²) >= 11 is 0. The predicted molar refractivity (Wildman–Crippen MR) is 55.3 cm³/mol. The number of aryl methyl sites for hydroxylation is 1. The van der Waals surface area contributed by atoms with Gasteiger partial charge in [-0.25, -0.2) is 8.42 Å². The van der Waals surface area contributed by atoms with E-state index in [0.717, 1.165) is 5.69 Å². The van der Waals surface area contributed by atoms with E-state index in [-0.39, 0.29) is 17.1 Å². The standard InChI is InChI=1S/C8H13N3O3S/c9-2-3-11-8(12)6-5-15(13,14)4-1-7(6)10-11/h10H,1-5,9H2. The van der Waals surface area contributed by atoms with E-state index in [9.17, 15) is 13.2 Å². The summed E-state index contributed by atoms with van der Waals surface area (Å²) in [5.41, 5.74) is 6.21. The molecule has 0 unspecified atom stereocenters. The minimum atomic E-state index is -3.08. The second-order valence-electron chi connectivity index (χ2n) is 3.66. The molecule has 0 bridgehead atoms. The van der Waals surface area contributed by atoms with Crippen LogP contribution in [-0.2, 0) is 28.6 Å². The van der Waals surface area contributed by atoms with E-state index in [2.05, 4.69) is 5.10 Å². The molecule has 1 aliphatic rings. The third-order valence-electron chi connectivity index (χ3n) is 2.52. The van der Waals surface area contributed by atoms with Gasteiger partial charge in [-0.3, -0.25) is 14.6 Å². The summed E-state index contributed by atoms with van der Waals surface area (Å²) in [4.78, 5) is 11.7. The Morgan fingerprint density at radius 2 is 2.20 bits per heavy atom. The molecule has 3 N–H and O–H groups in total. The first kappa shape index (κ1) is 10.4. The Kier molecular flexibility index (Phi) is 2.43. The zero-order valence-electron chi connectivity index (χ0n) is 8.19. The number of nitrogens with one attached hydrogen (secondary N) is 1. The van der Waals surface area contributed by atoms with E-state index >= 15 is 0 Å². The number of H-pyrrole nitrogens is 1. The Morgan fingerprint density at radius 3 is 2.87 bits per heavy atom. The monoisotopic (exact) mass is 231 g/mol. The minimum Gasteiger partial charge on any atom is -0.329 e. The van der Waals surface area contributed by atoms with Gasteiger partial charge >= 0.3 is 0 Å². The zero-order valence-corrected chi connectivity index (χ0v) is 9.01. The number of aromatic amines is 1. The fraction of sp³-hybridized carbons (Fsp3) is 0.625. The first-order chi connectivity index (χ1) is 7.03. The van der Waals surface area contributed by atoms with Gasteiger partial charge in [0.05, 0.1) is 23.6 Å². The number of rotatable bonds is 2. The number of fused-ring (bicyclic) bond motifs is 1. The van der Waals surface area contributed by atoms with Gasteiger partial charge in [-0.05, 0) is 0 Å². The average molecular weight is 231 g/mol. The summed E-state index contributed by atoms with van der Waals surface area (Å²) in [6.07, 6.45) is 0.393. The fourth-order valence-electron chi connectivity index (χ4n) is 1.76. The highest BCUT2D eigenvalue weighted by Gasteiger charge is 2.26. The Balaban J connectivity index is 2.47. The van der Waals surface area contributed by atoms with E-state index in [1.165, 1.54) is 4.68 Å². The first-order valence-corrected chi connectivity index (χ1v) is 6.56. The van der Waals surface area contributed by atoms with Crippen molar-refractivity contribution in [1.29, 1.82) is 0 Å². The predicted octanol–water partition coefficient (Wildman–Crippen LogP) is -1.39. The van der Waals surface area contributed by atoms with E-state index in [0.29, 0.717) is 25.1 Å². The van der Waals surface area contributed by atoms with Crippen molar-refractivity contribution in [3.63, 3.8) is 0 Å². The molecule has 15 heavy (non-hydrogen) atoms. The molecule has 0 saturated carbocycles. The van der Waals surface area contributed by atoms with Crippen LogP contribution < -0.4 is 11.3 Å². The molecular formula is C8H13N3O3S. The highest BCUT2D eigenvalue weighted by Crippen LogP contribution is 2.15. The van der Waals surface area contributed by atoms with E-state index in [1.807, 2.05) is 0 Å². The smallest absolute Gasteiger partial charge is 0.271 e. The maximum absolute atomic E-state index is 11.7. The second kappa shape index (κ2) is 3.49. The highest BCUT2D eigenvalue weighted by atomic mass is 32.2. The fourth-order valence-corrected chi connectivity index (χ4v) is 3.16. The van der Waals surface area contributed by atoms with Crippen molar-refractivity contribution >= 4 is 9.84 Å².